The number of benzene rings is 1. The molecule has 1 heterocycles. The van der Waals surface area contributed by atoms with Crippen molar-refractivity contribution in [2.24, 2.45) is 0 Å². The predicted molar refractivity (Wildman–Crippen MR) is 90.1 cm³/mol. The minimum atomic E-state index is -0.290. The summed E-state index contributed by atoms with van der Waals surface area (Å²) >= 11 is 5.97. The van der Waals surface area contributed by atoms with E-state index in [9.17, 15) is 10.1 Å². The van der Waals surface area contributed by atoms with Gasteiger partial charge in [-0.2, -0.15) is 5.26 Å². The smallest absolute Gasteiger partial charge is 0.266 e. The number of morpholine rings is 1. The standard InChI is InChI=1S/C17H20ClN3O2/c1-11-4-5-15(18)6-16(11)20-8-14(7-19)17(22)21-9-12(2)23-13(3)10-21/h4-6,8,12-13,20H,9-10H2,1-3H3/b14-8-. The molecule has 0 saturated carbocycles. The minimum absolute atomic E-state index is 0.0363. The molecule has 2 atom stereocenters. The van der Waals surface area contributed by atoms with E-state index in [2.05, 4.69) is 5.32 Å². The number of anilines is 1. The van der Waals surface area contributed by atoms with E-state index in [1.807, 2.05) is 32.9 Å². The van der Waals surface area contributed by atoms with Crippen LogP contribution in [-0.4, -0.2) is 36.1 Å². The van der Waals surface area contributed by atoms with Gasteiger partial charge in [0.2, 0.25) is 0 Å². The first-order valence-corrected chi connectivity index (χ1v) is 7.86. The fourth-order valence-corrected chi connectivity index (χ4v) is 2.73. The lowest BCUT2D eigenvalue weighted by Gasteiger charge is -2.35. The number of ether oxygens (including phenoxy) is 1. The molecule has 1 aliphatic rings. The molecule has 6 heteroatoms. The third-order valence-corrected chi connectivity index (χ3v) is 3.86. The van der Waals surface area contributed by atoms with Crippen molar-refractivity contribution in [3.63, 3.8) is 0 Å². The van der Waals surface area contributed by atoms with Gasteiger partial charge in [0.25, 0.3) is 5.91 Å². The maximum Gasteiger partial charge on any atom is 0.266 e. The van der Waals surface area contributed by atoms with Gasteiger partial charge in [0, 0.05) is 30.0 Å². The molecular weight excluding hydrogens is 314 g/mol. The Morgan fingerprint density at radius 2 is 2.09 bits per heavy atom. The molecular formula is C17H20ClN3O2. The summed E-state index contributed by atoms with van der Waals surface area (Å²) in [5.41, 5.74) is 1.80. The van der Waals surface area contributed by atoms with Gasteiger partial charge in [0.15, 0.2) is 0 Å². The van der Waals surface area contributed by atoms with Crippen molar-refractivity contribution in [1.29, 1.82) is 5.26 Å². The Kier molecular flexibility index (Phi) is 5.64. The topological polar surface area (TPSA) is 65.4 Å². The Morgan fingerprint density at radius 3 is 2.70 bits per heavy atom. The van der Waals surface area contributed by atoms with E-state index in [4.69, 9.17) is 16.3 Å². The van der Waals surface area contributed by atoms with E-state index < -0.39 is 0 Å². The Hall–Kier alpha value is -2.03. The predicted octanol–water partition coefficient (Wildman–Crippen LogP) is 3.10. The second-order valence-electron chi connectivity index (χ2n) is 5.74. The number of amides is 1. The van der Waals surface area contributed by atoms with Crippen LogP contribution in [0.25, 0.3) is 0 Å². The van der Waals surface area contributed by atoms with E-state index in [1.54, 1.807) is 17.0 Å². The van der Waals surface area contributed by atoms with Gasteiger partial charge in [-0.25, -0.2) is 0 Å². The number of nitrogens with zero attached hydrogens (tertiary/aromatic N) is 2. The molecule has 0 aliphatic carbocycles. The number of nitriles is 1. The van der Waals surface area contributed by atoms with Crippen LogP contribution >= 0.6 is 11.6 Å². The van der Waals surface area contributed by atoms with Gasteiger partial charge < -0.3 is 15.0 Å². The zero-order valence-corrected chi connectivity index (χ0v) is 14.2. The van der Waals surface area contributed by atoms with Crippen LogP contribution in [0.2, 0.25) is 5.02 Å². The maximum absolute atomic E-state index is 12.5. The first kappa shape index (κ1) is 17.3. The fourth-order valence-electron chi connectivity index (χ4n) is 2.56. The molecule has 1 N–H and O–H groups in total. The summed E-state index contributed by atoms with van der Waals surface area (Å²) in [5, 5.41) is 12.9. The molecule has 1 saturated heterocycles. The van der Waals surface area contributed by atoms with Gasteiger partial charge >= 0.3 is 0 Å². The van der Waals surface area contributed by atoms with Gasteiger partial charge in [-0.1, -0.05) is 17.7 Å². The number of hydrogen-bond donors (Lipinski definition) is 1. The van der Waals surface area contributed by atoms with Crippen molar-refractivity contribution >= 4 is 23.2 Å². The molecule has 2 unspecified atom stereocenters. The maximum atomic E-state index is 12.5. The summed E-state index contributed by atoms with van der Waals surface area (Å²) in [6.45, 7) is 6.72. The van der Waals surface area contributed by atoms with Crippen molar-refractivity contribution in [2.75, 3.05) is 18.4 Å². The zero-order chi connectivity index (χ0) is 17.0. The molecule has 0 spiro atoms. The first-order valence-electron chi connectivity index (χ1n) is 7.48. The van der Waals surface area contributed by atoms with Gasteiger partial charge in [-0.3, -0.25) is 4.79 Å². The van der Waals surface area contributed by atoms with Crippen molar-refractivity contribution in [3.05, 3.63) is 40.6 Å². The number of aryl methyl sites for hydroxylation is 1. The normalized spacial score (nSPS) is 21.7. The largest absolute Gasteiger partial charge is 0.372 e. The van der Waals surface area contributed by atoms with Crippen LogP contribution in [-0.2, 0) is 9.53 Å². The van der Waals surface area contributed by atoms with Crippen molar-refractivity contribution in [3.8, 4) is 6.07 Å². The zero-order valence-electron chi connectivity index (χ0n) is 13.5. The number of rotatable bonds is 3. The summed E-state index contributed by atoms with van der Waals surface area (Å²) in [6, 6.07) is 7.39. The Bertz CT molecular complexity index is 656. The molecule has 1 aromatic carbocycles. The second kappa shape index (κ2) is 7.49. The molecule has 0 radical (unpaired) electrons. The highest BCUT2D eigenvalue weighted by molar-refractivity contribution is 6.30. The van der Waals surface area contributed by atoms with Crippen LogP contribution in [0.1, 0.15) is 19.4 Å². The number of carbonyl (C=O) groups is 1. The Morgan fingerprint density at radius 1 is 1.43 bits per heavy atom. The van der Waals surface area contributed by atoms with E-state index in [0.29, 0.717) is 18.1 Å². The van der Waals surface area contributed by atoms with Gasteiger partial charge in [0.1, 0.15) is 11.6 Å². The quantitative estimate of drug-likeness (QED) is 0.682. The van der Waals surface area contributed by atoms with Gasteiger partial charge in [-0.05, 0) is 38.5 Å². The number of nitrogens with one attached hydrogen (secondary N) is 1. The summed E-state index contributed by atoms with van der Waals surface area (Å²) in [5.74, 6) is -0.290. The van der Waals surface area contributed by atoms with Gasteiger partial charge in [0.05, 0.1) is 12.2 Å². The molecule has 0 aromatic heterocycles. The van der Waals surface area contributed by atoms with Crippen molar-refractivity contribution < 1.29 is 9.53 Å². The number of carbonyl (C=O) groups excluding carboxylic acids is 1. The fraction of sp³-hybridized carbons (Fsp3) is 0.412. The molecule has 1 amide bonds. The molecule has 1 fully saturated rings. The molecule has 23 heavy (non-hydrogen) atoms. The van der Waals surface area contributed by atoms with E-state index >= 15 is 0 Å². The van der Waals surface area contributed by atoms with Crippen LogP contribution in [0.15, 0.2) is 30.0 Å². The third kappa shape index (κ3) is 4.47. The molecule has 1 aromatic rings. The summed E-state index contributed by atoms with van der Waals surface area (Å²) in [7, 11) is 0. The molecule has 5 nitrogen and oxygen atoms in total. The highest BCUT2D eigenvalue weighted by Crippen LogP contribution is 2.21. The average Bonchev–Trinajstić information content (AvgIpc) is 2.50. The summed E-state index contributed by atoms with van der Waals surface area (Å²) in [6.07, 6.45) is 1.36. The second-order valence-corrected chi connectivity index (χ2v) is 6.18. The highest BCUT2D eigenvalue weighted by atomic mass is 35.5. The summed E-state index contributed by atoms with van der Waals surface area (Å²) in [4.78, 5) is 14.2. The molecule has 0 bridgehead atoms. The van der Waals surface area contributed by atoms with Gasteiger partial charge in [-0.15, -0.1) is 0 Å². The molecule has 2 rings (SSSR count). The van der Waals surface area contributed by atoms with Crippen molar-refractivity contribution in [2.45, 2.75) is 33.0 Å². The minimum Gasteiger partial charge on any atom is -0.372 e. The number of halogens is 1. The Labute approximate surface area is 141 Å². The van der Waals surface area contributed by atoms with Crippen LogP contribution in [0.3, 0.4) is 0 Å². The Balaban J connectivity index is 2.14. The summed E-state index contributed by atoms with van der Waals surface area (Å²) < 4.78 is 5.61. The van der Waals surface area contributed by atoms with E-state index in [1.165, 1.54) is 6.20 Å². The van der Waals surface area contributed by atoms with Crippen LogP contribution in [0, 0.1) is 18.3 Å². The van der Waals surface area contributed by atoms with E-state index in [0.717, 1.165) is 11.3 Å². The highest BCUT2D eigenvalue weighted by Gasteiger charge is 2.27. The van der Waals surface area contributed by atoms with E-state index in [-0.39, 0.29) is 23.7 Å². The lowest BCUT2D eigenvalue weighted by Crippen LogP contribution is -2.48. The van der Waals surface area contributed by atoms with Crippen LogP contribution in [0.5, 0.6) is 0 Å². The lowest BCUT2D eigenvalue weighted by molar-refractivity contribution is -0.138. The third-order valence-electron chi connectivity index (χ3n) is 3.63. The molecule has 122 valence electrons. The average molecular weight is 334 g/mol. The van der Waals surface area contributed by atoms with Crippen molar-refractivity contribution in [1.82, 2.24) is 4.90 Å². The monoisotopic (exact) mass is 333 g/mol. The molecule has 1 aliphatic heterocycles. The SMILES string of the molecule is Cc1ccc(Cl)cc1N/C=C(/C#N)C(=O)N1CC(C)OC(C)C1. The number of hydrogen-bond acceptors (Lipinski definition) is 4. The first-order chi connectivity index (χ1) is 10.9. The van der Waals surface area contributed by atoms with Crippen LogP contribution in [0.4, 0.5) is 5.69 Å². The van der Waals surface area contributed by atoms with Crippen LogP contribution < -0.4 is 5.32 Å². The lowest BCUT2D eigenvalue weighted by atomic mass is 10.1.